The average Bonchev–Trinajstić information content (AvgIpc) is 3.19. The summed E-state index contributed by atoms with van der Waals surface area (Å²) in [6.45, 7) is 3.96. The van der Waals surface area contributed by atoms with Gasteiger partial charge in [0.1, 0.15) is 10.5 Å². The fourth-order valence-electron chi connectivity index (χ4n) is 2.96. The van der Waals surface area contributed by atoms with Gasteiger partial charge in [0, 0.05) is 29.2 Å². The third-order valence-electron chi connectivity index (χ3n) is 4.15. The maximum atomic E-state index is 12.3. The number of thiophene rings is 1. The number of rotatable bonds is 3. The fraction of sp³-hybridized carbons (Fsp3) is 0.400. The van der Waals surface area contributed by atoms with Crippen LogP contribution < -0.4 is 5.56 Å². The lowest BCUT2D eigenvalue weighted by Gasteiger charge is -2.13. The van der Waals surface area contributed by atoms with Gasteiger partial charge in [0.15, 0.2) is 0 Å². The topological polar surface area (TPSA) is 97.9 Å². The number of aryl methyl sites for hydroxylation is 1. The number of aliphatic hydroxyl groups is 1. The number of hydrogen-bond donors (Lipinski definition) is 3. The van der Waals surface area contributed by atoms with Gasteiger partial charge in [-0.3, -0.25) is 14.8 Å². The Hall–Kier alpha value is -2.03. The molecule has 1 unspecified atom stereocenters. The zero-order chi connectivity index (χ0) is 16.0. The van der Waals surface area contributed by atoms with Gasteiger partial charge in [-0.15, -0.1) is 11.3 Å². The number of fused-ring (bicyclic) bond motifs is 1. The predicted molar refractivity (Wildman–Crippen MR) is 88.5 cm³/mol. The SMILES string of the molecule is Cc1[nH]ncc1-c1cc2nc(CN3CCC(O)C3)[nH]c(=O)c2s1. The summed E-state index contributed by atoms with van der Waals surface area (Å²) in [5.74, 6) is 0.643. The molecule has 4 heterocycles. The highest BCUT2D eigenvalue weighted by atomic mass is 32.1. The summed E-state index contributed by atoms with van der Waals surface area (Å²) in [6, 6.07) is 1.94. The van der Waals surface area contributed by atoms with Crippen molar-refractivity contribution in [2.24, 2.45) is 0 Å². The second-order valence-electron chi connectivity index (χ2n) is 5.92. The first-order valence-corrected chi connectivity index (χ1v) is 8.35. The third-order valence-corrected chi connectivity index (χ3v) is 5.30. The number of aliphatic hydroxyl groups excluding tert-OH is 1. The zero-order valence-electron chi connectivity index (χ0n) is 12.7. The highest BCUT2D eigenvalue weighted by Gasteiger charge is 2.21. The Morgan fingerprint density at radius 3 is 3.09 bits per heavy atom. The highest BCUT2D eigenvalue weighted by Crippen LogP contribution is 2.32. The molecule has 1 saturated heterocycles. The monoisotopic (exact) mass is 331 g/mol. The number of aromatic nitrogens is 4. The van der Waals surface area contributed by atoms with Crippen molar-refractivity contribution in [3.05, 3.63) is 34.1 Å². The smallest absolute Gasteiger partial charge is 0.268 e. The van der Waals surface area contributed by atoms with Crippen LogP contribution in [0.4, 0.5) is 0 Å². The second kappa shape index (κ2) is 5.55. The van der Waals surface area contributed by atoms with Crippen molar-refractivity contribution in [1.82, 2.24) is 25.1 Å². The van der Waals surface area contributed by atoms with Crippen LogP contribution in [0.15, 0.2) is 17.1 Å². The average molecular weight is 331 g/mol. The Balaban J connectivity index is 1.70. The number of hydrogen-bond acceptors (Lipinski definition) is 6. The molecule has 3 N–H and O–H groups in total. The molecule has 3 aromatic heterocycles. The summed E-state index contributed by atoms with van der Waals surface area (Å²) in [5.41, 5.74) is 2.57. The van der Waals surface area contributed by atoms with E-state index >= 15 is 0 Å². The van der Waals surface area contributed by atoms with Gasteiger partial charge >= 0.3 is 0 Å². The minimum Gasteiger partial charge on any atom is -0.392 e. The number of nitrogens with one attached hydrogen (secondary N) is 2. The summed E-state index contributed by atoms with van der Waals surface area (Å²) in [7, 11) is 0. The van der Waals surface area contributed by atoms with E-state index in [1.54, 1.807) is 6.20 Å². The molecule has 120 valence electrons. The molecule has 1 atom stereocenters. The third kappa shape index (κ3) is 2.69. The van der Waals surface area contributed by atoms with Crippen LogP contribution in [0.2, 0.25) is 0 Å². The first-order chi connectivity index (χ1) is 11.1. The summed E-state index contributed by atoms with van der Waals surface area (Å²) in [4.78, 5) is 22.9. The van der Waals surface area contributed by atoms with Crippen molar-refractivity contribution in [1.29, 1.82) is 0 Å². The van der Waals surface area contributed by atoms with Crippen LogP contribution in [0.1, 0.15) is 17.9 Å². The lowest BCUT2D eigenvalue weighted by atomic mass is 10.2. The van der Waals surface area contributed by atoms with E-state index in [-0.39, 0.29) is 11.7 Å². The van der Waals surface area contributed by atoms with Crippen LogP contribution in [-0.2, 0) is 6.54 Å². The number of β-amino-alcohol motifs (C(OH)–C–C–N with tert-alkyl or cyclic N) is 1. The first kappa shape index (κ1) is 14.6. The number of likely N-dealkylation sites (tertiary alicyclic amines) is 1. The van der Waals surface area contributed by atoms with Crippen molar-refractivity contribution < 1.29 is 5.11 Å². The molecule has 7 nitrogen and oxygen atoms in total. The summed E-state index contributed by atoms with van der Waals surface area (Å²) >= 11 is 1.43. The lowest BCUT2D eigenvalue weighted by molar-refractivity contribution is 0.174. The Bertz CT molecular complexity index is 912. The Morgan fingerprint density at radius 2 is 2.39 bits per heavy atom. The lowest BCUT2D eigenvalue weighted by Crippen LogP contribution is -2.24. The molecule has 1 aliphatic rings. The van der Waals surface area contributed by atoms with E-state index in [2.05, 4.69) is 25.1 Å². The zero-order valence-corrected chi connectivity index (χ0v) is 13.5. The van der Waals surface area contributed by atoms with E-state index in [4.69, 9.17) is 0 Å². The minimum absolute atomic E-state index is 0.109. The molecule has 4 rings (SSSR count). The van der Waals surface area contributed by atoms with Gasteiger partial charge in [-0.2, -0.15) is 5.10 Å². The molecule has 0 saturated carbocycles. The number of nitrogens with zero attached hydrogens (tertiary/aromatic N) is 3. The van der Waals surface area contributed by atoms with E-state index in [1.165, 1.54) is 11.3 Å². The molecule has 0 aromatic carbocycles. The van der Waals surface area contributed by atoms with Crippen molar-refractivity contribution >= 4 is 21.6 Å². The van der Waals surface area contributed by atoms with E-state index in [0.717, 1.165) is 29.1 Å². The normalized spacial score (nSPS) is 19.0. The minimum atomic E-state index is -0.276. The maximum Gasteiger partial charge on any atom is 0.268 e. The molecule has 3 aromatic rings. The molecule has 1 fully saturated rings. The Kier molecular flexibility index (Phi) is 3.51. The molecular weight excluding hydrogens is 314 g/mol. The molecule has 8 heteroatoms. The van der Waals surface area contributed by atoms with Gasteiger partial charge in [0.2, 0.25) is 0 Å². The Labute approximate surface area is 136 Å². The van der Waals surface area contributed by atoms with Gasteiger partial charge < -0.3 is 10.1 Å². The van der Waals surface area contributed by atoms with E-state index in [9.17, 15) is 9.90 Å². The fourth-order valence-corrected chi connectivity index (χ4v) is 4.02. The van der Waals surface area contributed by atoms with E-state index in [1.807, 2.05) is 13.0 Å². The summed E-state index contributed by atoms with van der Waals surface area (Å²) in [6.07, 6.45) is 2.26. The molecule has 0 aliphatic carbocycles. The number of H-pyrrole nitrogens is 2. The predicted octanol–water partition coefficient (Wildman–Crippen LogP) is 1.25. The highest BCUT2D eigenvalue weighted by molar-refractivity contribution is 7.22. The van der Waals surface area contributed by atoms with Crippen LogP contribution in [0, 0.1) is 6.92 Å². The van der Waals surface area contributed by atoms with Crippen LogP contribution in [0.5, 0.6) is 0 Å². The van der Waals surface area contributed by atoms with E-state index in [0.29, 0.717) is 29.1 Å². The van der Waals surface area contributed by atoms with Gasteiger partial charge in [-0.1, -0.05) is 0 Å². The van der Waals surface area contributed by atoms with Crippen LogP contribution in [0.3, 0.4) is 0 Å². The largest absolute Gasteiger partial charge is 0.392 e. The van der Waals surface area contributed by atoms with Crippen molar-refractivity contribution in [2.75, 3.05) is 13.1 Å². The molecule has 0 bridgehead atoms. The van der Waals surface area contributed by atoms with Crippen LogP contribution >= 0.6 is 11.3 Å². The van der Waals surface area contributed by atoms with Crippen molar-refractivity contribution in [3.8, 4) is 10.4 Å². The van der Waals surface area contributed by atoms with E-state index < -0.39 is 0 Å². The summed E-state index contributed by atoms with van der Waals surface area (Å²) in [5, 5.41) is 16.5. The van der Waals surface area contributed by atoms with Crippen molar-refractivity contribution in [3.63, 3.8) is 0 Å². The molecule has 1 aliphatic heterocycles. The number of aromatic amines is 2. The summed E-state index contributed by atoms with van der Waals surface area (Å²) < 4.78 is 0.630. The molecule has 0 spiro atoms. The standard InChI is InChI=1S/C15H17N5O2S/c1-8-10(5-16-19-8)12-4-11-14(23-12)15(22)18-13(17-11)7-20-3-2-9(21)6-20/h4-5,9,21H,2-3,6-7H2,1H3,(H,16,19)(H,17,18,22). The van der Waals surface area contributed by atoms with Crippen molar-refractivity contribution in [2.45, 2.75) is 26.0 Å². The first-order valence-electron chi connectivity index (χ1n) is 7.53. The van der Waals surface area contributed by atoms with Gasteiger partial charge in [0.05, 0.1) is 24.4 Å². The van der Waals surface area contributed by atoms with Gasteiger partial charge in [0.25, 0.3) is 5.56 Å². The molecular formula is C15H17N5O2S. The van der Waals surface area contributed by atoms with Crippen LogP contribution in [-0.4, -0.2) is 49.4 Å². The molecule has 0 radical (unpaired) electrons. The molecule has 23 heavy (non-hydrogen) atoms. The second-order valence-corrected chi connectivity index (χ2v) is 6.98. The van der Waals surface area contributed by atoms with Gasteiger partial charge in [-0.05, 0) is 19.4 Å². The Morgan fingerprint density at radius 1 is 1.52 bits per heavy atom. The molecule has 0 amide bonds. The maximum absolute atomic E-state index is 12.3. The van der Waals surface area contributed by atoms with Gasteiger partial charge in [-0.25, -0.2) is 4.98 Å². The van der Waals surface area contributed by atoms with Crippen LogP contribution in [0.25, 0.3) is 20.7 Å². The quantitative estimate of drug-likeness (QED) is 0.671.